The van der Waals surface area contributed by atoms with E-state index in [9.17, 15) is 9.90 Å². The molecule has 4 nitrogen and oxygen atoms in total. The maximum absolute atomic E-state index is 11.4. The summed E-state index contributed by atoms with van der Waals surface area (Å²) >= 11 is 0. The SMILES string of the molecule is CCC(COC)N1CCCCC1(C)C(=O)O. The van der Waals surface area contributed by atoms with Gasteiger partial charge in [0, 0.05) is 13.2 Å². The van der Waals surface area contributed by atoms with Crippen molar-refractivity contribution in [2.75, 3.05) is 20.3 Å². The second-order valence-corrected chi connectivity index (χ2v) is 4.75. The third-order valence-electron chi connectivity index (χ3n) is 3.68. The molecule has 2 atom stereocenters. The Labute approximate surface area is 97.6 Å². The smallest absolute Gasteiger partial charge is 0.323 e. The summed E-state index contributed by atoms with van der Waals surface area (Å²) in [6.07, 6.45) is 3.76. The fourth-order valence-corrected chi connectivity index (χ4v) is 2.58. The maximum atomic E-state index is 11.4. The number of hydrogen-bond donors (Lipinski definition) is 1. The molecule has 0 amide bonds. The molecule has 0 aromatic rings. The van der Waals surface area contributed by atoms with Crippen LogP contribution in [0.1, 0.15) is 39.5 Å². The predicted octanol–water partition coefficient (Wildman–Crippen LogP) is 1.74. The van der Waals surface area contributed by atoms with E-state index in [1.54, 1.807) is 7.11 Å². The van der Waals surface area contributed by atoms with E-state index < -0.39 is 11.5 Å². The number of nitrogens with zero attached hydrogens (tertiary/aromatic N) is 1. The zero-order valence-electron chi connectivity index (χ0n) is 10.5. The largest absolute Gasteiger partial charge is 0.480 e. The number of carbonyl (C=O) groups is 1. The standard InChI is InChI=1S/C12H23NO3/c1-4-10(9-16-3)13-8-6-5-7-12(13,2)11(14)15/h10H,4-9H2,1-3H3,(H,14,15). The number of carboxylic acid groups (broad SMARTS) is 1. The molecule has 1 rings (SSSR count). The summed E-state index contributed by atoms with van der Waals surface area (Å²) in [5.74, 6) is -0.707. The van der Waals surface area contributed by atoms with Gasteiger partial charge in [-0.15, -0.1) is 0 Å². The molecule has 1 aliphatic heterocycles. The first-order valence-corrected chi connectivity index (χ1v) is 6.05. The Morgan fingerprint density at radius 1 is 1.56 bits per heavy atom. The highest BCUT2D eigenvalue weighted by Crippen LogP contribution is 2.31. The van der Waals surface area contributed by atoms with E-state index in [1.807, 2.05) is 6.92 Å². The van der Waals surface area contributed by atoms with Gasteiger partial charge in [-0.3, -0.25) is 9.69 Å². The van der Waals surface area contributed by atoms with Crippen molar-refractivity contribution in [3.63, 3.8) is 0 Å². The minimum atomic E-state index is -0.711. The first-order chi connectivity index (χ1) is 7.56. The average molecular weight is 229 g/mol. The van der Waals surface area contributed by atoms with Crippen LogP contribution in [0, 0.1) is 0 Å². The highest BCUT2D eigenvalue weighted by Gasteiger charge is 2.43. The Balaban J connectivity index is 2.83. The number of rotatable bonds is 5. The van der Waals surface area contributed by atoms with Crippen LogP contribution in [0.5, 0.6) is 0 Å². The van der Waals surface area contributed by atoms with Crippen molar-refractivity contribution in [3.8, 4) is 0 Å². The molecule has 0 aromatic heterocycles. The maximum Gasteiger partial charge on any atom is 0.323 e. The molecular formula is C12H23NO3. The van der Waals surface area contributed by atoms with Crippen molar-refractivity contribution in [2.24, 2.45) is 0 Å². The van der Waals surface area contributed by atoms with Gasteiger partial charge in [0.2, 0.25) is 0 Å². The molecule has 0 radical (unpaired) electrons. The normalized spacial score (nSPS) is 28.9. The van der Waals surface area contributed by atoms with Crippen molar-refractivity contribution >= 4 is 5.97 Å². The van der Waals surface area contributed by atoms with Gasteiger partial charge in [-0.05, 0) is 39.2 Å². The Hall–Kier alpha value is -0.610. The van der Waals surface area contributed by atoms with Gasteiger partial charge in [-0.2, -0.15) is 0 Å². The van der Waals surface area contributed by atoms with Gasteiger partial charge in [-0.1, -0.05) is 6.92 Å². The van der Waals surface area contributed by atoms with E-state index >= 15 is 0 Å². The van der Waals surface area contributed by atoms with Gasteiger partial charge in [0.05, 0.1) is 6.61 Å². The topological polar surface area (TPSA) is 49.8 Å². The number of carboxylic acids is 1. The third-order valence-corrected chi connectivity index (χ3v) is 3.68. The number of likely N-dealkylation sites (tertiary alicyclic amines) is 1. The molecule has 94 valence electrons. The number of methoxy groups -OCH3 is 1. The fraction of sp³-hybridized carbons (Fsp3) is 0.917. The highest BCUT2D eigenvalue weighted by atomic mass is 16.5. The summed E-state index contributed by atoms with van der Waals surface area (Å²) in [4.78, 5) is 13.5. The number of ether oxygens (including phenoxy) is 1. The van der Waals surface area contributed by atoms with Crippen molar-refractivity contribution in [1.82, 2.24) is 4.90 Å². The van der Waals surface area contributed by atoms with Crippen LogP contribution >= 0.6 is 0 Å². The van der Waals surface area contributed by atoms with E-state index in [2.05, 4.69) is 11.8 Å². The molecule has 4 heteroatoms. The lowest BCUT2D eigenvalue weighted by molar-refractivity contribution is -0.156. The van der Waals surface area contributed by atoms with Crippen LogP contribution < -0.4 is 0 Å². The van der Waals surface area contributed by atoms with Crippen molar-refractivity contribution in [2.45, 2.75) is 51.1 Å². The fourth-order valence-electron chi connectivity index (χ4n) is 2.58. The zero-order valence-corrected chi connectivity index (χ0v) is 10.5. The van der Waals surface area contributed by atoms with Crippen LogP contribution in [-0.4, -0.2) is 47.8 Å². The van der Waals surface area contributed by atoms with Crippen molar-refractivity contribution in [3.05, 3.63) is 0 Å². The molecule has 16 heavy (non-hydrogen) atoms. The lowest BCUT2D eigenvalue weighted by Gasteiger charge is -2.45. The van der Waals surface area contributed by atoms with Gasteiger partial charge in [-0.25, -0.2) is 0 Å². The molecule has 2 unspecified atom stereocenters. The van der Waals surface area contributed by atoms with Crippen LogP contribution in [0.4, 0.5) is 0 Å². The van der Waals surface area contributed by atoms with Crippen LogP contribution in [0.25, 0.3) is 0 Å². The molecule has 0 aliphatic carbocycles. The van der Waals surface area contributed by atoms with E-state index in [0.717, 1.165) is 32.2 Å². The predicted molar refractivity (Wildman–Crippen MR) is 62.6 cm³/mol. The molecule has 1 saturated heterocycles. The summed E-state index contributed by atoms with van der Waals surface area (Å²) in [5, 5.41) is 9.40. The Morgan fingerprint density at radius 2 is 2.25 bits per heavy atom. The number of aliphatic carboxylic acids is 1. The van der Waals surface area contributed by atoms with Crippen molar-refractivity contribution in [1.29, 1.82) is 0 Å². The summed E-state index contributed by atoms with van der Waals surface area (Å²) in [6.45, 7) is 5.40. The molecule has 0 spiro atoms. The second kappa shape index (κ2) is 5.64. The minimum absolute atomic E-state index is 0.214. The monoisotopic (exact) mass is 229 g/mol. The molecule has 0 saturated carbocycles. The van der Waals surface area contributed by atoms with Crippen LogP contribution in [0.15, 0.2) is 0 Å². The molecule has 1 heterocycles. The summed E-state index contributed by atoms with van der Waals surface area (Å²) in [5.41, 5.74) is -0.711. The number of piperidine rings is 1. The van der Waals surface area contributed by atoms with Crippen LogP contribution in [0.3, 0.4) is 0 Å². The molecule has 1 N–H and O–H groups in total. The zero-order chi connectivity index (χ0) is 12.2. The number of hydrogen-bond acceptors (Lipinski definition) is 3. The Bertz CT molecular complexity index is 244. The summed E-state index contributed by atoms with van der Waals surface area (Å²) in [6, 6.07) is 0.214. The van der Waals surface area contributed by atoms with E-state index in [1.165, 1.54) is 0 Å². The van der Waals surface area contributed by atoms with Gasteiger partial charge in [0.1, 0.15) is 5.54 Å². The second-order valence-electron chi connectivity index (χ2n) is 4.75. The highest BCUT2D eigenvalue weighted by molar-refractivity contribution is 5.78. The van der Waals surface area contributed by atoms with Crippen molar-refractivity contribution < 1.29 is 14.6 Å². The van der Waals surface area contributed by atoms with E-state index in [-0.39, 0.29) is 6.04 Å². The lowest BCUT2D eigenvalue weighted by atomic mass is 9.86. The lowest BCUT2D eigenvalue weighted by Crippen LogP contribution is -2.59. The molecular weight excluding hydrogens is 206 g/mol. The summed E-state index contributed by atoms with van der Waals surface area (Å²) in [7, 11) is 1.67. The van der Waals surface area contributed by atoms with Crippen LogP contribution in [-0.2, 0) is 9.53 Å². The quantitative estimate of drug-likeness (QED) is 0.780. The molecule has 0 aromatic carbocycles. The Kier molecular flexibility index (Phi) is 4.74. The Morgan fingerprint density at radius 3 is 2.75 bits per heavy atom. The van der Waals surface area contributed by atoms with Crippen LogP contribution in [0.2, 0.25) is 0 Å². The van der Waals surface area contributed by atoms with Gasteiger partial charge < -0.3 is 9.84 Å². The molecule has 0 bridgehead atoms. The van der Waals surface area contributed by atoms with Gasteiger partial charge in [0.15, 0.2) is 0 Å². The summed E-state index contributed by atoms with van der Waals surface area (Å²) < 4.78 is 5.19. The third kappa shape index (κ3) is 2.55. The average Bonchev–Trinajstić information content (AvgIpc) is 2.27. The van der Waals surface area contributed by atoms with Gasteiger partial charge >= 0.3 is 5.97 Å². The molecule has 1 aliphatic rings. The van der Waals surface area contributed by atoms with Gasteiger partial charge in [0.25, 0.3) is 0 Å². The van der Waals surface area contributed by atoms with E-state index in [4.69, 9.17) is 4.74 Å². The first kappa shape index (κ1) is 13.5. The van der Waals surface area contributed by atoms with E-state index in [0.29, 0.717) is 6.61 Å². The minimum Gasteiger partial charge on any atom is -0.480 e. The molecule has 1 fully saturated rings. The first-order valence-electron chi connectivity index (χ1n) is 6.05.